The summed E-state index contributed by atoms with van der Waals surface area (Å²) in [7, 11) is 1.64. The minimum atomic E-state index is -0.687. The summed E-state index contributed by atoms with van der Waals surface area (Å²) < 4.78 is 5.39. The quantitative estimate of drug-likeness (QED) is 0.271. The van der Waals surface area contributed by atoms with E-state index < -0.39 is 11.9 Å². The highest BCUT2D eigenvalue weighted by Gasteiger charge is 2.29. The number of ether oxygens (including phenoxy) is 1. The van der Waals surface area contributed by atoms with Gasteiger partial charge in [-0.3, -0.25) is 14.4 Å². The van der Waals surface area contributed by atoms with Crippen LogP contribution in [0.2, 0.25) is 0 Å². The zero-order chi connectivity index (χ0) is 28.6. The van der Waals surface area contributed by atoms with Crippen LogP contribution < -0.4 is 16.4 Å². The molecule has 2 heterocycles. The number of nitrogens with one attached hydrogen (secondary N) is 3. The Morgan fingerprint density at radius 2 is 2.05 bits per heavy atom. The average Bonchev–Trinajstić information content (AvgIpc) is 3.39. The molecule has 5 N–H and O–H groups in total. The van der Waals surface area contributed by atoms with E-state index in [1.54, 1.807) is 24.1 Å². The normalized spacial score (nSPS) is 16.8. The summed E-state index contributed by atoms with van der Waals surface area (Å²) in [5.74, 6) is 0.0865. The number of methoxy groups -OCH3 is 1. The van der Waals surface area contributed by atoms with Crippen LogP contribution in [0, 0.1) is 5.41 Å². The number of carbonyl (C=O) groups is 3. The third-order valence-corrected chi connectivity index (χ3v) is 8.18. The highest BCUT2D eigenvalue weighted by Crippen LogP contribution is 2.29. The fourth-order valence-electron chi connectivity index (χ4n) is 4.64. The minimum absolute atomic E-state index is 0.150. The van der Waals surface area contributed by atoms with Crippen molar-refractivity contribution < 1.29 is 19.1 Å². The van der Waals surface area contributed by atoms with E-state index in [1.807, 2.05) is 31.2 Å². The van der Waals surface area contributed by atoms with Crippen LogP contribution in [0.1, 0.15) is 62.2 Å². The van der Waals surface area contributed by atoms with E-state index in [1.165, 1.54) is 17.4 Å². The Hall–Kier alpha value is -4.18. The number of allylic oxidation sites excluding steroid dienone is 3. The Morgan fingerprint density at radius 1 is 1.23 bits per heavy atom. The molecule has 0 spiro atoms. The summed E-state index contributed by atoms with van der Waals surface area (Å²) in [6, 6.07) is 5.87. The summed E-state index contributed by atoms with van der Waals surface area (Å²) in [6.45, 7) is 3.14. The van der Waals surface area contributed by atoms with Crippen molar-refractivity contribution in [3.63, 3.8) is 0 Å². The van der Waals surface area contributed by atoms with Crippen molar-refractivity contribution in [3.8, 4) is 0 Å². The molecule has 4 rings (SSSR count). The molecule has 2 aromatic rings. The van der Waals surface area contributed by atoms with Gasteiger partial charge in [-0.05, 0) is 73.2 Å². The van der Waals surface area contributed by atoms with Gasteiger partial charge in [-0.15, -0.1) is 11.3 Å². The van der Waals surface area contributed by atoms with Gasteiger partial charge in [0.2, 0.25) is 5.91 Å². The van der Waals surface area contributed by atoms with Gasteiger partial charge >= 0.3 is 0 Å². The van der Waals surface area contributed by atoms with Gasteiger partial charge in [0.1, 0.15) is 11.8 Å². The molecule has 0 saturated heterocycles. The number of rotatable bonds is 9. The molecule has 40 heavy (non-hydrogen) atoms. The second-order valence-corrected chi connectivity index (χ2v) is 10.8. The first-order chi connectivity index (χ1) is 19.3. The number of carbonyl (C=O) groups excluding carboxylic acids is 3. The van der Waals surface area contributed by atoms with Crippen LogP contribution in [-0.2, 0) is 22.5 Å². The van der Waals surface area contributed by atoms with E-state index in [2.05, 4.69) is 16.7 Å². The van der Waals surface area contributed by atoms with Crippen molar-refractivity contribution in [2.24, 2.45) is 0 Å². The highest BCUT2D eigenvalue weighted by molar-refractivity contribution is 7.14. The topological polar surface area (TPSA) is 138 Å². The third-order valence-electron chi connectivity index (χ3n) is 6.95. The van der Waals surface area contributed by atoms with Gasteiger partial charge in [0, 0.05) is 47.5 Å². The minimum Gasteiger partial charge on any atom is -0.497 e. The summed E-state index contributed by atoms with van der Waals surface area (Å²) >= 11 is 1.46. The molecular formula is C30H35N5O4S. The van der Waals surface area contributed by atoms with Gasteiger partial charge < -0.3 is 31.4 Å². The number of nitrogen functional groups attached to an aromatic ring is 1. The van der Waals surface area contributed by atoms with Crippen LogP contribution >= 0.6 is 11.3 Å². The first kappa shape index (κ1) is 28.8. The molecule has 2 aliphatic rings. The van der Waals surface area contributed by atoms with Gasteiger partial charge in [-0.2, -0.15) is 0 Å². The molecule has 3 amide bonds. The van der Waals surface area contributed by atoms with Crippen molar-refractivity contribution in [1.29, 1.82) is 5.41 Å². The number of amides is 3. The Morgan fingerprint density at radius 3 is 2.80 bits per heavy atom. The second-order valence-electron chi connectivity index (χ2n) is 9.68. The average molecular weight is 562 g/mol. The zero-order valence-corrected chi connectivity index (χ0v) is 23.6. The number of nitrogens with zero attached hydrogens (tertiary/aromatic N) is 1. The van der Waals surface area contributed by atoms with E-state index in [-0.39, 0.29) is 11.8 Å². The number of benzene rings is 1. The number of nitrogens with two attached hydrogens (primary N) is 1. The van der Waals surface area contributed by atoms with Crippen LogP contribution in [0.5, 0.6) is 0 Å². The van der Waals surface area contributed by atoms with Gasteiger partial charge in [-0.1, -0.05) is 19.1 Å². The molecule has 0 radical (unpaired) electrons. The van der Waals surface area contributed by atoms with Gasteiger partial charge in [0.15, 0.2) is 0 Å². The van der Waals surface area contributed by atoms with Gasteiger partial charge in [-0.25, -0.2) is 0 Å². The van der Waals surface area contributed by atoms with Gasteiger partial charge in [0.05, 0.1) is 12.0 Å². The van der Waals surface area contributed by atoms with Crippen LogP contribution in [0.15, 0.2) is 59.9 Å². The molecule has 210 valence electrons. The largest absolute Gasteiger partial charge is 0.497 e. The Bertz CT molecular complexity index is 1390. The third kappa shape index (κ3) is 6.87. The maximum atomic E-state index is 13.4. The molecule has 9 nitrogen and oxygen atoms in total. The molecule has 0 bridgehead atoms. The van der Waals surface area contributed by atoms with E-state index in [0.717, 1.165) is 40.8 Å². The fourth-order valence-corrected chi connectivity index (χ4v) is 5.72. The monoisotopic (exact) mass is 561 g/mol. The number of hydrogen-bond donors (Lipinski definition) is 4. The predicted octanol–water partition coefficient (Wildman–Crippen LogP) is 3.96. The van der Waals surface area contributed by atoms with E-state index in [9.17, 15) is 14.4 Å². The van der Waals surface area contributed by atoms with Crippen LogP contribution in [-0.4, -0.2) is 55.1 Å². The molecule has 1 aliphatic heterocycles. The number of hydrogen-bond acceptors (Lipinski definition) is 7. The molecule has 0 saturated carbocycles. The molecule has 1 aliphatic carbocycles. The number of thiophene rings is 1. The highest BCUT2D eigenvalue weighted by atomic mass is 32.1. The molecule has 0 fully saturated rings. The van der Waals surface area contributed by atoms with Crippen molar-refractivity contribution >= 4 is 41.0 Å². The predicted molar refractivity (Wildman–Crippen MR) is 158 cm³/mol. The van der Waals surface area contributed by atoms with Crippen LogP contribution in [0.4, 0.5) is 5.69 Å². The van der Waals surface area contributed by atoms with E-state index >= 15 is 0 Å². The smallest absolute Gasteiger partial charge is 0.261 e. The zero-order valence-electron chi connectivity index (χ0n) is 22.8. The summed E-state index contributed by atoms with van der Waals surface area (Å²) in [5.41, 5.74) is 8.94. The van der Waals surface area contributed by atoms with Crippen LogP contribution in [0.3, 0.4) is 0 Å². The molecule has 1 aromatic carbocycles. The Labute approximate surface area is 238 Å². The number of anilines is 1. The molecule has 1 atom stereocenters. The van der Waals surface area contributed by atoms with E-state index in [0.29, 0.717) is 54.2 Å². The molecule has 10 heteroatoms. The van der Waals surface area contributed by atoms with Crippen molar-refractivity contribution in [2.45, 2.75) is 45.2 Å². The van der Waals surface area contributed by atoms with Crippen molar-refractivity contribution in [2.75, 3.05) is 25.9 Å². The lowest BCUT2D eigenvalue weighted by molar-refractivity contribution is -0.134. The maximum absolute atomic E-state index is 13.4. The molecule has 1 aromatic heterocycles. The summed E-state index contributed by atoms with van der Waals surface area (Å²) in [5, 5.41) is 13.3. The van der Waals surface area contributed by atoms with Crippen molar-refractivity contribution in [1.82, 2.24) is 15.5 Å². The molecule has 0 unspecified atom stereocenters. The Kier molecular flexibility index (Phi) is 9.55. The number of fused-ring (bicyclic) bond motifs is 1. The van der Waals surface area contributed by atoms with E-state index in [4.69, 9.17) is 15.9 Å². The second kappa shape index (κ2) is 13.3. The SMILES string of the molecule is CC[C@@H](NC(=O)c1ccc(N)c(C=N)c1)C(=O)N1CCc2sc(C(=O)NCC3=C/C(OC)=C\CCC=C3)cc2C1. The Balaban J connectivity index is 1.38. The maximum Gasteiger partial charge on any atom is 0.261 e. The van der Waals surface area contributed by atoms with Crippen molar-refractivity contribution in [3.05, 3.63) is 86.3 Å². The standard InChI is InChI=1S/C30H35N5O4S/c1-3-25(34-28(36)20-9-10-24(32)21(14-20)16-31)30(38)35-12-11-26-22(18-35)15-27(40-26)29(37)33-17-19-7-5-4-6-8-23(13-19)39-2/h5,7-10,13-16,25,31H,3-4,6,11-12,17-18,32H2,1-2H3,(H,33,37)(H,34,36)/b7-5?,19-13?,23-8+,31-16?/t25-/m1/s1. The van der Waals surface area contributed by atoms with Crippen LogP contribution in [0.25, 0.3) is 0 Å². The first-order valence-electron chi connectivity index (χ1n) is 13.3. The summed E-state index contributed by atoms with van der Waals surface area (Å²) in [4.78, 5) is 42.6. The lowest BCUT2D eigenvalue weighted by atomic mass is 10.1. The first-order valence-corrected chi connectivity index (χ1v) is 14.1. The fraction of sp³-hybridized carbons (Fsp3) is 0.333. The lowest BCUT2D eigenvalue weighted by Crippen LogP contribution is -2.49. The van der Waals surface area contributed by atoms with Gasteiger partial charge in [0.25, 0.3) is 11.8 Å². The lowest BCUT2D eigenvalue weighted by Gasteiger charge is -2.30. The molecular weight excluding hydrogens is 526 g/mol. The summed E-state index contributed by atoms with van der Waals surface area (Å²) in [6.07, 6.45) is 12.1.